The quantitative estimate of drug-likeness (QED) is 0.471. The van der Waals surface area contributed by atoms with Crippen molar-refractivity contribution in [3.63, 3.8) is 0 Å². The molecule has 0 aromatic heterocycles. The fraction of sp³-hybridized carbons (Fsp3) is 0.333. The van der Waals surface area contributed by atoms with Gasteiger partial charge in [0.25, 0.3) is 0 Å². The highest BCUT2D eigenvalue weighted by Crippen LogP contribution is 2.55. The molecule has 0 radical (unpaired) electrons. The van der Waals surface area contributed by atoms with Crippen LogP contribution in [0.25, 0.3) is 0 Å². The molecule has 2 bridgehead atoms. The van der Waals surface area contributed by atoms with E-state index in [2.05, 4.69) is 29.2 Å². The number of benzene rings is 3. The lowest BCUT2D eigenvalue weighted by molar-refractivity contribution is -0.0421. The van der Waals surface area contributed by atoms with Crippen LogP contribution >= 0.6 is 0 Å². The van der Waals surface area contributed by atoms with Crippen molar-refractivity contribution >= 4 is 11.9 Å². The van der Waals surface area contributed by atoms with E-state index in [1.54, 1.807) is 24.3 Å². The summed E-state index contributed by atoms with van der Waals surface area (Å²) in [4.78, 5) is 28.6. The van der Waals surface area contributed by atoms with Crippen LogP contribution in [0.2, 0.25) is 0 Å². The number of rotatable bonds is 6. The molecule has 2 aliphatic heterocycles. The van der Waals surface area contributed by atoms with Crippen LogP contribution in [0.15, 0.2) is 91.0 Å². The molecule has 6 atom stereocenters. The van der Waals surface area contributed by atoms with Crippen molar-refractivity contribution in [3.05, 3.63) is 108 Å². The summed E-state index contributed by atoms with van der Waals surface area (Å²) >= 11 is 0. The molecule has 178 valence electrons. The van der Waals surface area contributed by atoms with Gasteiger partial charge in [-0.05, 0) is 55.0 Å². The van der Waals surface area contributed by atoms with Crippen LogP contribution in [0, 0.1) is 11.8 Å². The minimum absolute atomic E-state index is 0.165. The zero-order chi connectivity index (χ0) is 23.8. The van der Waals surface area contributed by atoms with E-state index in [0.29, 0.717) is 29.1 Å². The summed E-state index contributed by atoms with van der Waals surface area (Å²) in [7, 11) is 0. The summed E-state index contributed by atoms with van der Waals surface area (Å²) in [6.45, 7) is 0.900. The highest BCUT2D eigenvalue weighted by molar-refractivity contribution is 5.90. The zero-order valence-corrected chi connectivity index (χ0v) is 19.5. The molecule has 3 aromatic rings. The lowest BCUT2D eigenvalue weighted by atomic mass is 9.81. The first kappa shape index (κ1) is 22.1. The minimum atomic E-state index is -0.450. The summed E-state index contributed by atoms with van der Waals surface area (Å²) in [5.41, 5.74) is 2.34. The van der Waals surface area contributed by atoms with Gasteiger partial charge in [-0.3, -0.25) is 4.90 Å². The van der Waals surface area contributed by atoms with E-state index < -0.39 is 12.2 Å². The monoisotopic (exact) mass is 467 g/mol. The Balaban J connectivity index is 1.26. The fourth-order valence-corrected chi connectivity index (χ4v) is 6.61. The van der Waals surface area contributed by atoms with E-state index in [4.69, 9.17) is 9.47 Å². The van der Waals surface area contributed by atoms with Crippen molar-refractivity contribution in [2.24, 2.45) is 11.8 Å². The van der Waals surface area contributed by atoms with Gasteiger partial charge in [0.05, 0.1) is 11.1 Å². The average Bonchev–Trinajstić information content (AvgIpc) is 3.55. The molecule has 6 rings (SSSR count). The van der Waals surface area contributed by atoms with Crippen LogP contribution in [0.1, 0.15) is 45.5 Å². The molecular weight excluding hydrogens is 438 g/mol. The van der Waals surface area contributed by atoms with E-state index in [9.17, 15) is 9.59 Å². The van der Waals surface area contributed by atoms with Gasteiger partial charge in [0.1, 0.15) is 12.2 Å². The Morgan fingerprint density at radius 3 is 1.89 bits per heavy atom. The number of fused-ring (bicyclic) bond motifs is 5. The minimum Gasteiger partial charge on any atom is -0.455 e. The van der Waals surface area contributed by atoms with Crippen LogP contribution in [0.5, 0.6) is 0 Å². The van der Waals surface area contributed by atoms with Crippen LogP contribution < -0.4 is 0 Å². The summed E-state index contributed by atoms with van der Waals surface area (Å²) in [5, 5.41) is 0. The molecule has 0 amide bonds. The number of hydrogen-bond donors (Lipinski definition) is 0. The topological polar surface area (TPSA) is 55.8 Å². The average molecular weight is 468 g/mol. The zero-order valence-electron chi connectivity index (χ0n) is 19.5. The second kappa shape index (κ2) is 9.31. The second-order valence-corrected chi connectivity index (χ2v) is 9.89. The highest BCUT2D eigenvalue weighted by Gasteiger charge is 2.62. The standard InChI is InChI=1S/C30H29NO4/c32-29(21-12-6-2-7-13-21)34-26-18-23-24-16-17-25(31(24)19-20-10-4-1-5-11-20)27(23)28(26)35-30(33)22-14-8-3-9-15-22/h1-15,23-28H,16-19H2. The molecule has 2 heterocycles. The first-order chi connectivity index (χ1) is 17.2. The summed E-state index contributed by atoms with van der Waals surface area (Å²) in [6, 6.07) is 29.4. The number of ether oxygens (including phenoxy) is 2. The van der Waals surface area contributed by atoms with Crippen LogP contribution in [-0.2, 0) is 16.0 Å². The Labute approximate surface area is 205 Å². The molecule has 5 heteroatoms. The van der Waals surface area contributed by atoms with Crippen LogP contribution in [0.3, 0.4) is 0 Å². The summed E-state index contributed by atoms with van der Waals surface area (Å²) in [5.74, 6) is -0.197. The van der Waals surface area contributed by atoms with Crippen molar-refractivity contribution in [3.8, 4) is 0 Å². The van der Waals surface area contributed by atoms with E-state index in [1.165, 1.54) is 5.56 Å². The van der Waals surface area contributed by atoms with Gasteiger partial charge in [-0.1, -0.05) is 66.7 Å². The lowest BCUT2D eigenvalue weighted by Crippen LogP contribution is -2.41. The normalized spacial score (nSPS) is 29.0. The predicted molar refractivity (Wildman–Crippen MR) is 132 cm³/mol. The third-order valence-electron chi connectivity index (χ3n) is 8.02. The van der Waals surface area contributed by atoms with E-state index in [0.717, 1.165) is 25.8 Å². The number of esters is 2. The van der Waals surface area contributed by atoms with Gasteiger partial charge >= 0.3 is 11.9 Å². The molecule has 3 aliphatic rings. The van der Waals surface area contributed by atoms with Crippen molar-refractivity contribution in [1.82, 2.24) is 4.90 Å². The van der Waals surface area contributed by atoms with Gasteiger partial charge < -0.3 is 9.47 Å². The van der Waals surface area contributed by atoms with Crippen molar-refractivity contribution < 1.29 is 19.1 Å². The molecule has 3 aromatic carbocycles. The van der Waals surface area contributed by atoms with Crippen molar-refractivity contribution in [2.75, 3.05) is 0 Å². The molecular formula is C30H29NO4. The second-order valence-electron chi connectivity index (χ2n) is 9.89. The first-order valence-electron chi connectivity index (χ1n) is 12.5. The third-order valence-corrected chi connectivity index (χ3v) is 8.02. The van der Waals surface area contributed by atoms with Crippen molar-refractivity contribution in [1.29, 1.82) is 0 Å². The Kier molecular flexibility index (Phi) is 5.86. The van der Waals surface area contributed by atoms with Crippen molar-refractivity contribution in [2.45, 2.75) is 50.1 Å². The SMILES string of the molecule is O=C(OC1CC2C(C1OC(=O)c1ccccc1)C1CCC2N1Cc1ccccc1)c1ccccc1. The van der Waals surface area contributed by atoms with E-state index >= 15 is 0 Å². The van der Waals surface area contributed by atoms with E-state index in [1.807, 2.05) is 42.5 Å². The smallest absolute Gasteiger partial charge is 0.338 e. The molecule has 1 saturated carbocycles. The summed E-state index contributed by atoms with van der Waals surface area (Å²) in [6.07, 6.45) is 2.05. The molecule has 35 heavy (non-hydrogen) atoms. The van der Waals surface area contributed by atoms with Crippen LogP contribution in [0.4, 0.5) is 0 Å². The molecule has 1 aliphatic carbocycles. The number of hydrogen-bond acceptors (Lipinski definition) is 5. The largest absolute Gasteiger partial charge is 0.455 e. The van der Waals surface area contributed by atoms with Gasteiger partial charge in [0, 0.05) is 24.5 Å². The Hall–Kier alpha value is -3.44. The molecule has 2 saturated heterocycles. The molecule has 6 unspecified atom stereocenters. The van der Waals surface area contributed by atoms with Gasteiger partial charge in [-0.2, -0.15) is 0 Å². The number of nitrogens with zero attached hydrogens (tertiary/aromatic N) is 1. The third kappa shape index (κ3) is 4.14. The molecule has 0 N–H and O–H groups in total. The maximum Gasteiger partial charge on any atom is 0.338 e. The lowest BCUT2D eigenvalue weighted by Gasteiger charge is -2.30. The predicted octanol–water partition coefficient (Wildman–Crippen LogP) is 5.12. The number of carbonyl (C=O) groups is 2. The maximum atomic E-state index is 13.1. The van der Waals surface area contributed by atoms with Gasteiger partial charge in [0.15, 0.2) is 0 Å². The van der Waals surface area contributed by atoms with Gasteiger partial charge in [-0.25, -0.2) is 9.59 Å². The molecule has 5 nitrogen and oxygen atoms in total. The fourth-order valence-electron chi connectivity index (χ4n) is 6.61. The number of carbonyl (C=O) groups excluding carboxylic acids is 2. The first-order valence-corrected chi connectivity index (χ1v) is 12.5. The maximum absolute atomic E-state index is 13.1. The molecule has 0 spiro atoms. The molecule has 3 fully saturated rings. The van der Waals surface area contributed by atoms with Crippen LogP contribution in [-0.4, -0.2) is 41.1 Å². The van der Waals surface area contributed by atoms with Gasteiger partial charge in [0.2, 0.25) is 0 Å². The Morgan fingerprint density at radius 2 is 1.26 bits per heavy atom. The Bertz CT molecular complexity index is 1180. The summed E-state index contributed by atoms with van der Waals surface area (Å²) < 4.78 is 12.2. The highest BCUT2D eigenvalue weighted by atomic mass is 16.6. The Morgan fingerprint density at radius 1 is 0.714 bits per heavy atom. The van der Waals surface area contributed by atoms with E-state index in [-0.39, 0.29) is 17.9 Å². The van der Waals surface area contributed by atoms with Gasteiger partial charge in [-0.15, -0.1) is 0 Å².